The molecular weight excluding hydrogens is 224 g/mol. The van der Waals surface area contributed by atoms with Gasteiger partial charge < -0.3 is 10.6 Å². The van der Waals surface area contributed by atoms with Crippen molar-refractivity contribution in [2.24, 2.45) is 11.3 Å². The molecule has 2 atom stereocenters. The lowest BCUT2D eigenvalue weighted by Gasteiger charge is -2.31. The number of hydrogen-bond donors (Lipinski definition) is 2. The van der Waals surface area contributed by atoms with E-state index >= 15 is 0 Å². The second-order valence-corrected chi connectivity index (χ2v) is 6.84. The molecule has 1 saturated heterocycles. The van der Waals surface area contributed by atoms with Crippen molar-refractivity contribution in [1.29, 1.82) is 0 Å². The minimum Gasteiger partial charge on any atom is -0.354 e. The molecule has 1 amide bonds. The Morgan fingerprint density at radius 3 is 2.56 bits per heavy atom. The first-order chi connectivity index (χ1) is 8.32. The van der Waals surface area contributed by atoms with Crippen LogP contribution in [0.1, 0.15) is 60.3 Å². The summed E-state index contributed by atoms with van der Waals surface area (Å²) < 4.78 is 0. The molecule has 1 fully saturated rings. The summed E-state index contributed by atoms with van der Waals surface area (Å²) in [5.41, 5.74) is -0.0410. The van der Waals surface area contributed by atoms with E-state index in [4.69, 9.17) is 0 Å². The van der Waals surface area contributed by atoms with Gasteiger partial charge in [0, 0.05) is 6.54 Å². The highest BCUT2D eigenvalue weighted by Crippen LogP contribution is 2.27. The molecule has 3 nitrogen and oxygen atoms in total. The molecule has 1 rings (SSSR count). The van der Waals surface area contributed by atoms with Crippen LogP contribution in [0.3, 0.4) is 0 Å². The molecule has 0 aliphatic carbocycles. The lowest BCUT2D eigenvalue weighted by atomic mass is 9.82. The molecule has 0 aromatic heterocycles. The van der Waals surface area contributed by atoms with E-state index in [9.17, 15) is 4.79 Å². The summed E-state index contributed by atoms with van der Waals surface area (Å²) in [6.45, 7) is 12.8. The summed E-state index contributed by atoms with van der Waals surface area (Å²) >= 11 is 0. The summed E-state index contributed by atoms with van der Waals surface area (Å²) in [5.74, 6) is 0.694. The Kier molecular flexibility index (Phi) is 5.20. The molecule has 1 aliphatic rings. The third kappa shape index (κ3) is 3.71. The number of amides is 1. The minimum absolute atomic E-state index is 0.206. The molecule has 2 unspecified atom stereocenters. The van der Waals surface area contributed by atoms with Crippen molar-refractivity contribution in [3.8, 4) is 0 Å². The van der Waals surface area contributed by atoms with E-state index < -0.39 is 0 Å². The van der Waals surface area contributed by atoms with Crippen molar-refractivity contribution in [3.05, 3.63) is 0 Å². The smallest absolute Gasteiger partial charge is 0.240 e. The van der Waals surface area contributed by atoms with Crippen LogP contribution in [-0.4, -0.2) is 24.5 Å². The van der Waals surface area contributed by atoms with Gasteiger partial charge in [-0.05, 0) is 37.1 Å². The number of hydrogen-bond acceptors (Lipinski definition) is 2. The Morgan fingerprint density at radius 1 is 1.44 bits per heavy atom. The molecule has 2 N–H and O–H groups in total. The van der Waals surface area contributed by atoms with Gasteiger partial charge in [0.25, 0.3) is 0 Å². The normalized spacial score (nSPS) is 26.1. The second-order valence-electron chi connectivity index (χ2n) is 6.84. The molecule has 0 aromatic carbocycles. The molecule has 0 aromatic rings. The van der Waals surface area contributed by atoms with Crippen LogP contribution >= 0.6 is 0 Å². The van der Waals surface area contributed by atoms with Crippen LogP contribution in [0.2, 0.25) is 0 Å². The van der Waals surface area contributed by atoms with Crippen molar-refractivity contribution in [1.82, 2.24) is 10.6 Å². The van der Waals surface area contributed by atoms with Crippen LogP contribution in [0, 0.1) is 11.3 Å². The van der Waals surface area contributed by atoms with E-state index in [1.807, 2.05) is 0 Å². The molecule has 18 heavy (non-hydrogen) atoms. The average Bonchev–Trinajstić information content (AvgIpc) is 2.74. The van der Waals surface area contributed by atoms with Crippen LogP contribution in [0.4, 0.5) is 0 Å². The average molecular weight is 254 g/mol. The van der Waals surface area contributed by atoms with E-state index in [-0.39, 0.29) is 16.9 Å². The number of carbonyl (C=O) groups is 1. The monoisotopic (exact) mass is 254 g/mol. The van der Waals surface area contributed by atoms with Gasteiger partial charge in [-0.1, -0.05) is 41.0 Å². The SMILES string of the molecule is CCCC1(C(=O)NCC(C)C(C)(C)C)CCCN1. The third-order valence-electron chi connectivity index (χ3n) is 4.40. The van der Waals surface area contributed by atoms with E-state index in [1.165, 1.54) is 0 Å². The summed E-state index contributed by atoms with van der Waals surface area (Å²) in [5, 5.41) is 6.58. The number of nitrogens with one attached hydrogen (secondary N) is 2. The Hall–Kier alpha value is -0.570. The Bertz CT molecular complexity index is 275. The topological polar surface area (TPSA) is 41.1 Å². The highest BCUT2D eigenvalue weighted by Gasteiger charge is 2.39. The van der Waals surface area contributed by atoms with Crippen LogP contribution < -0.4 is 10.6 Å². The zero-order valence-corrected chi connectivity index (χ0v) is 12.7. The van der Waals surface area contributed by atoms with Gasteiger partial charge in [-0.25, -0.2) is 0 Å². The Labute approximate surface area is 112 Å². The third-order valence-corrected chi connectivity index (χ3v) is 4.40. The Balaban J connectivity index is 2.53. The van der Waals surface area contributed by atoms with E-state index in [2.05, 4.69) is 45.3 Å². The highest BCUT2D eigenvalue weighted by molar-refractivity contribution is 5.86. The maximum atomic E-state index is 12.4. The van der Waals surface area contributed by atoms with Crippen LogP contribution in [0.15, 0.2) is 0 Å². The molecule has 0 radical (unpaired) electrons. The van der Waals surface area contributed by atoms with E-state index in [0.717, 1.165) is 38.8 Å². The van der Waals surface area contributed by atoms with Crippen molar-refractivity contribution >= 4 is 5.91 Å². The molecule has 1 heterocycles. The second kappa shape index (κ2) is 6.05. The predicted octanol–water partition coefficient (Wildman–Crippen LogP) is 2.71. The highest BCUT2D eigenvalue weighted by atomic mass is 16.2. The molecular formula is C15H30N2O. The maximum absolute atomic E-state index is 12.4. The zero-order valence-electron chi connectivity index (χ0n) is 12.7. The molecule has 0 bridgehead atoms. The molecule has 3 heteroatoms. The summed E-state index contributed by atoms with van der Waals surface area (Å²) in [4.78, 5) is 12.4. The zero-order chi connectivity index (χ0) is 13.8. The van der Waals surface area contributed by atoms with Crippen molar-refractivity contribution in [2.45, 2.75) is 65.8 Å². The first-order valence-corrected chi connectivity index (χ1v) is 7.35. The fourth-order valence-electron chi connectivity index (χ4n) is 2.47. The number of carbonyl (C=O) groups excluding carboxylic acids is 1. The molecule has 0 spiro atoms. The predicted molar refractivity (Wildman–Crippen MR) is 76.5 cm³/mol. The van der Waals surface area contributed by atoms with Gasteiger partial charge >= 0.3 is 0 Å². The quantitative estimate of drug-likeness (QED) is 0.792. The van der Waals surface area contributed by atoms with Gasteiger partial charge in [0.2, 0.25) is 5.91 Å². The first-order valence-electron chi connectivity index (χ1n) is 7.35. The standard InChI is InChI=1S/C15H30N2O/c1-6-8-15(9-7-10-17-15)13(18)16-11-12(2)14(3,4)5/h12,17H,6-11H2,1-5H3,(H,16,18). The summed E-state index contributed by atoms with van der Waals surface area (Å²) in [7, 11) is 0. The molecule has 0 saturated carbocycles. The maximum Gasteiger partial charge on any atom is 0.240 e. The van der Waals surface area contributed by atoms with Gasteiger partial charge in [-0.3, -0.25) is 4.79 Å². The summed E-state index contributed by atoms with van der Waals surface area (Å²) in [6.07, 6.45) is 4.09. The van der Waals surface area contributed by atoms with Crippen LogP contribution in [-0.2, 0) is 4.79 Å². The van der Waals surface area contributed by atoms with Gasteiger partial charge in [-0.2, -0.15) is 0 Å². The van der Waals surface area contributed by atoms with E-state index in [1.54, 1.807) is 0 Å². The number of rotatable bonds is 5. The molecule has 1 aliphatic heterocycles. The van der Waals surface area contributed by atoms with Gasteiger partial charge in [0.15, 0.2) is 0 Å². The Morgan fingerprint density at radius 2 is 2.11 bits per heavy atom. The summed E-state index contributed by atoms with van der Waals surface area (Å²) in [6, 6.07) is 0. The fourth-order valence-corrected chi connectivity index (χ4v) is 2.47. The lowest BCUT2D eigenvalue weighted by Crippen LogP contribution is -2.54. The van der Waals surface area contributed by atoms with Crippen molar-refractivity contribution < 1.29 is 4.79 Å². The van der Waals surface area contributed by atoms with Gasteiger partial charge in [0.05, 0.1) is 5.54 Å². The van der Waals surface area contributed by atoms with Gasteiger partial charge in [0.1, 0.15) is 0 Å². The van der Waals surface area contributed by atoms with Crippen LogP contribution in [0.5, 0.6) is 0 Å². The van der Waals surface area contributed by atoms with Gasteiger partial charge in [-0.15, -0.1) is 0 Å². The minimum atomic E-state index is -0.285. The lowest BCUT2D eigenvalue weighted by molar-refractivity contribution is -0.127. The van der Waals surface area contributed by atoms with E-state index in [0.29, 0.717) is 5.92 Å². The van der Waals surface area contributed by atoms with Crippen LogP contribution in [0.25, 0.3) is 0 Å². The van der Waals surface area contributed by atoms with Crippen molar-refractivity contribution in [2.75, 3.05) is 13.1 Å². The van der Waals surface area contributed by atoms with Crippen molar-refractivity contribution in [3.63, 3.8) is 0 Å². The first kappa shape index (κ1) is 15.5. The largest absolute Gasteiger partial charge is 0.354 e. The fraction of sp³-hybridized carbons (Fsp3) is 0.933. The molecule has 106 valence electrons.